The number of rotatable bonds is 6. The minimum absolute atomic E-state index is 0.110. The zero-order valence-corrected chi connectivity index (χ0v) is 13.2. The Morgan fingerprint density at radius 1 is 1.27 bits per heavy atom. The number of thiophene rings is 1. The highest BCUT2D eigenvalue weighted by Crippen LogP contribution is 2.35. The second-order valence-electron chi connectivity index (χ2n) is 4.69. The summed E-state index contributed by atoms with van der Waals surface area (Å²) in [6, 6.07) is 7.74. The number of carbonyl (C=O) groups excluding carboxylic acids is 1. The van der Waals surface area contributed by atoms with Gasteiger partial charge in [-0.15, -0.1) is 11.3 Å². The topological polar surface area (TPSA) is 75.6 Å². The molecular formula is C16H17NO4S. The Morgan fingerprint density at radius 2 is 1.95 bits per heavy atom. The molecule has 0 radical (unpaired) electrons. The Bertz CT molecular complexity index is 676. The van der Waals surface area contributed by atoms with Gasteiger partial charge in [-0.3, -0.25) is 4.79 Å². The molecule has 22 heavy (non-hydrogen) atoms. The average molecular weight is 319 g/mol. The standard InChI is InChI=1S/C16H17NO4S/c1-3-10-4-6-11(7-5-10)12-9-22-15(14(12)16(19)20)17-13(18)8-21-2/h4-7,9H,3,8H2,1-2H3,(H,17,18)(H,19,20). The number of carbonyl (C=O) groups is 2. The van der Waals surface area contributed by atoms with E-state index in [0.717, 1.165) is 12.0 Å². The van der Waals surface area contributed by atoms with Gasteiger partial charge in [0.25, 0.3) is 5.91 Å². The lowest BCUT2D eigenvalue weighted by molar-refractivity contribution is -0.119. The van der Waals surface area contributed by atoms with E-state index in [-0.39, 0.29) is 18.1 Å². The van der Waals surface area contributed by atoms with Gasteiger partial charge < -0.3 is 15.2 Å². The lowest BCUT2D eigenvalue weighted by Gasteiger charge is -2.06. The van der Waals surface area contributed by atoms with Gasteiger partial charge in [0.1, 0.15) is 17.2 Å². The van der Waals surface area contributed by atoms with Crippen molar-refractivity contribution >= 4 is 28.2 Å². The maximum Gasteiger partial charge on any atom is 0.339 e. The van der Waals surface area contributed by atoms with Gasteiger partial charge in [-0.2, -0.15) is 0 Å². The summed E-state index contributed by atoms with van der Waals surface area (Å²) in [4.78, 5) is 23.2. The van der Waals surface area contributed by atoms with Crippen LogP contribution in [-0.4, -0.2) is 30.7 Å². The van der Waals surface area contributed by atoms with Crippen molar-refractivity contribution in [2.45, 2.75) is 13.3 Å². The number of ether oxygens (including phenoxy) is 1. The average Bonchev–Trinajstić information content (AvgIpc) is 2.91. The number of carboxylic acids is 1. The van der Waals surface area contributed by atoms with Crippen LogP contribution in [0.1, 0.15) is 22.8 Å². The molecule has 0 fully saturated rings. The molecule has 0 saturated carbocycles. The van der Waals surface area contributed by atoms with Crippen molar-refractivity contribution in [3.8, 4) is 11.1 Å². The van der Waals surface area contributed by atoms with Crippen LogP contribution in [0.2, 0.25) is 0 Å². The van der Waals surface area contributed by atoms with Crippen LogP contribution in [0.25, 0.3) is 11.1 Å². The van der Waals surface area contributed by atoms with E-state index in [2.05, 4.69) is 12.2 Å². The van der Waals surface area contributed by atoms with Crippen molar-refractivity contribution in [1.82, 2.24) is 0 Å². The quantitative estimate of drug-likeness (QED) is 0.857. The van der Waals surface area contributed by atoms with Crippen LogP contribution in [0.3, 0.4) is 0 Å². The number of hydrogen-bond donors (Lipinski definition) is 2. The molecule has 5 nitrogen and oxygen atoms in total. The Kier molecular flexibility index (Phi) is 5.30. The van der Waals surface area contributed by atoms with Crippen molar-refractivity contribution in [2.24, 2.45) is 0 Å². The van der Waals surface area contributed by atoms with E-state index in [0.29, 0.717) is 10.6 Å². The molecule has 0 aliphatic heterocycles. The van der Waals surface area contributed by atoms with Crippen LogP contribution >= 0.6 is 11.3 Å². The second kappa shape index (κ2) is 7.20. The highest BCUT2D eigenvalue weighted by molar-refractivity contribution is 7.15. The smallest absolute Gasteiger partial charge is 0.339 e. The van der Waals surface area contributed by atoms with E-state index in [1.807, 2.05) is 24.3 Å². The molecule has 1 heterocycles. The van der Waals surface area contributed by atoms with E-state index in [4.69, 9.17) is 4.74 Å². The highest BCUT2D eigenvalue weighted by Gasteiger charge is 2.20. The number of aryl methyl sites for hydroxylation is 1. The minimum Gasteiger partial charge on any atom is -0.478 e. The molecule has 0 saturated heterocycles. The maximum atomic E-state index is 11.6. The van der Waals surface area contributed by atoms with Gasteiger partial charge in [-0.1, -0.05) is 31.2 Å². The maximum absolute atomic E-state index is 11.6. The second-order valence-corrected chi connectivity index (χ2v) is 5.57. The molecule has 2 rings (SSSR count). The molecule has 116 valence electrons. The molecule has 1 aromatic heterocycles. The van der Waals surface area contributed by atoms with Crippen molar-refractivity contribution in [3.05, 3.63) is 40.8 Å². The number of amides is 1. The fourth-order valence-electron chi connectivity index (χ4n) is 2.09. The zero-order valence-electron chi connectivity index (χ0n) is 12.4. The predicted octanol–water partition coefficient (Wildman–Crippen LogP) is 3.26. The number of carboxylic acid groups (broad SMARTS) is 1. The van der Waals surface area contributed by atoms with E-state index in [1.54, 1.807) is 5.38 Å². The van der Waals surface area contributed by atoms with Crippen LogP contribution in [0.15, 0.2) is 29.6 Å². The normalized spacial score (nSPS) is 10.5. The van der Waals surface area contributed by atoms with E-state index in [1.165, 1.54) is 24.0 Å². The first-order chi connectivity index (χ1) is 10.6. The number of methoxy groups -OCH3 is 1. The van der Waals surface area contributed by atoms with Crippen molar-refractivity contribution in [1.29, 1.82) is 0 Å². The van der Waals surface area contributed by atoms with Crippen molar-refractivity contribution < 1.29 is 19.4 Å². The first-order valence-corrected chi connectivity index (χ1v) is 7.67. The van der Waals surface area contributed by atoms with Gasteiger partial charge in [0.15, 0.2) is 0 Å². The summed E-state index contributed by atoms with van der Waals surface area (Å²) in [6.45, 7) is 1.95. The van der Waals surface area contributed by atoms with Crippen LogP contribution in [-0.2, 0) is 16.0 Å². The van der Waals surface area contributed by atoms with Gasteiger partial charge in [-0.05, 0) is 17.5 Å². The monoisotopic (exact) mass is 319 g/mol. The van der Waals surface area contributed by atoms with Gasteiger partial charge in [0.2, 0.25) is 0 Å². The van der Waals surface area contributed by atoms with E-state index >= 15 is 0 Å². The number of benzene rings is 1. The fraction of sp³-hybridized carbons (Fsp3) is 0.250. The summed E-state index contributed by atoms with van der Waals surface area (Å²) < 4.78 is 4.74. The first-order valence-electron chi connectivity index (χ1n) is 6.79. The predicted molar refractivity (Wildman–Crippen MR) is 86.6 cm³/mol. The number of anilines is 1. The molecule has 1 aromatic carbocycles. The molecule has 0 bridgehead atoms. The van der Waals surface area contributed by atoms with E-state index < -0.39 is 5.97 Å². The largest absolute Gasteiger partial charge is 0.478 e. The summed E-state index contributed by atoms with van der Waals surface area (Å²) in [7, 11) is 1.41. The highest BCUT2D eigenvalue weighted by atomic mass is 32.1. The molecular weight excluding hydrogens is 302 g/mol. The third-order valence-corrected chi connectivity index (χ3v) is 4.10. The molecule has 0 aliphatic carbocycles. The van der Waals surface area contributed by atoms with E-state index in [9.17, 15) is 14.7 Å². The Labute approximate surface area is 132 Å². The van der Waals surface area contributed by atoms with Gasteiger partial charge in [0.05, 0.1) is 0 Å². The summed E-state index contributed by atoms with van der Waals surface area (Å²) in [5, 5.41) is 14.1. The number of aromatic carboxylic acids is 1. The molecule has 0 spiro atoms. The van der Waals surface area contributed by atoms with Crippen LogP contribution < -0.4 is 5.32 Å². The van der Waals surface area contributed by atoms with Crippen LogP contribution in [0, 0.1) is 0 Å². The minimum atomic E-state index is -1.07. The summed E-state index contributed by atoms with van der Waals surface area (Å²) >= 11 is 1.20. The van der Waals surface area contributed by atoms with Gasteiger partial charge >= 0.3 is 5.97 Å². The molecule has 2 aromatic rings. The Hall–Kier alpha value is -2.18. The lowest BCUT2D eigenvalue weighted by Crippen LogP contribution is -2.18. The Morgan fingerprint density at radius 3 is 2.50 bits per heavy atom. The van der Waals surface area contributed by atoms with Crippen LogP contribution in [0.5, 0.6) is 0 Å². The number of nitrogens with one attached hydrogen (secondary N) is 1. The first kappa shape index (κ1) is 16.2. The summed E-state index contributed by atoms with van der Waals surface area (Å²) in [6.07, 6.45) is 0.925. The van der Waals surface area contributed by atoms with Crippen molar-refractivity contribution in [2.75, 3.05) is 19.0 Å². The van der Waals surface area contributed by atoms with Gasteiger partial charge in [0, 0.05) is 18.1 Å². The van der Waals surface area contributed by atoms with Gasteiger partial charge in [-0.25, -0.2) is 4.79 Å². The molecule has 6 heteroatoms. The van der Waals surface area contributed by atoms with Crippen molar-refractivity contribution in [3.63, 3.8) is 0 Å². The lowest BCUT2D eigenvalue weighted by atomic mass is 10.0. The summed E-state index contributed by atoms with van der Waals surface area (Å²) in [5.41, 5.74) is 2.72. The summed E-state index contributed by atoms with van der Waals surface area (Å²) in [5.74, 6) is -1.44. The molecule has 0 aliphatic rings. The third kappa shape index (κ3) is 3.52. The fourth-order valence-corrected chi connectivity index (χ4v) is 3.07. The molecule has 2 N–H and O–H groups in total. The SMILES string of the molecule is CCc1ccc(-c2csc(NC(=O)COC)c2C(=O)O)cc1. The Balaban J connectivity index is 2.37. The molecule has 0 unspecified atom stereocenters. The number of hydrogen-bond acceptors (Lipinski definition) is 4. The third-order valence-electron chi connectivity index (χ3n) is 3.21. The molecule has 0 atom stereocenters. The zero-order chi connectivity index (χ0) is 16.1. The molecule has 1 amide bonds. The van der Waals surface area contributed by atoms with Crippen LogP contribution in [0.4, 0.5) is 5.00 Å².